The Hall–Kier alpha value is -4.37. The van der Waals surface area contributed by atoms with Gasteiger partial charge in [-0.05, 0) is 30.3 Å². The van der Waals surface area contributed by atoms with Crippen LogP contribution in [0.2, 0.25) is 0 Å². The van der Waals surface area contributed by atoms with Gasteiger partial charge in [0.15, 0.2) is 11.5 Å². The minimum atomic E-state index is 0.645. The molecule has 6 rings (SSSR count). The molecule has 0 amide bonds. The number of nitrogens with one attached hydrogen (secondary N) is 3. The molecule has 6 heterocycles. The molecule has 6 aromatic rings. The number of furan rings is 1. The van der Waals surface area contributed by atoms with Gasteiger partial charge in [0.2, 0.25) is 0 Å². The van der Waals surface area contributed by atoms with E-state index in [9.17, 15) is 0 Å². The molecule has 0 aromatic carbocycles. The van der Waals surface area contributed by atoms with Gasteiger partial charge in [0.1, 0.15) is 11.2 Å². The lowest BCUT2D eigenvalue weighted by Gasteiger charge is -2.05. The zero-order valence-corrected chi connectivity index (χ0v) is 17.8. The zero-order valence-electron chi connectivity index (χ0n) is 17.8. The molecule has 0 unspecified atom stereocenters. The Kier molecular flexibility index (Phi) is 4.66. The molecule has 0 atom stereocenters. The zero-order chi connectivity index (χ0) is 22.2. The largest absolute Gasteiger partial charge is 0.472 e. The third kappa shape index (κ3) is 3.44. The monoisotopic (exact) mass is 436 g/mol. The van der Waals surface area contributed by atoms with E-state index in [1.54, 1.807) is 24.9 Å². The van der Waals surface area contributed by atoms with E-state index in [4.69, 9.17) is 9.40 Å². The fraction of sp³-hybridized carbons (Fsp3) is 0.125. The minimum absolute atomic E-state index is 0.645. The summed E-state index contributed by atoms with van der Waals surface area (Å²) in [6.45, 7) is 3.77. The lowest BCUT2D eigenvalue weighted by atomic mass is 10.1. The van der Waals surface area contributed by atoms with Crippen molar-refractivity contribution in [1.29, 1.82) is 0 Å². The highest BCUT2D eigenvalue weighted by Crippen LogP contribution is 2.32. The van der Waals surface area contributed by atoms with Crippen LogP contribution in [0.25, 0.3) is 55.8 Å². The van der Waals surface area contributed by atoms with Gasteiger partial charge in [0.05, 0.1) is 29.6 Å². The van der Waals surface area contributed by atoms with Crippen molar-refractivity contribution >= 4 is 22.1 Å². The number of rotatable bonds is 6. The van der Waals surface area contributed by atoms with Crippen molar-refractivity contribution in [2.45, 2.75) is 13.5 Å². The molecule has 6 aromatic heterocycles. The van der Waals surface area contributed by atoms with E-state index in [-0.39, 0.29) is 0 Å². The highest BCUT2D eigenvalue weighted by Gasteiger charge is 2.17. The van der Waals surface area contributed by atoms with Gasteiger partial charge in [-0.2, -0.15) is 5.10 Å². The van der Waals surface area contributed by atoms with Crippen LogP contribution in [-0.4, -0.2) is 41.7 Å². The van der Waals surface area contributed by atoms with Crippen LogP contribution in [0, 0.1) is 0 Å². The molecule has 162 valence electrons. The smallest absolute Gasteiger partial charge is 0.159 e. The maximum Gasteiger partial charge on any atom is 0.159 e. The molecule has 0 aliphatic heterocycles. The quantitative estimate of drug-likeness (QED) is 0.355. The number of aromatic nitrogens is 7. The topological polar surface area (TPSA) is 121 Å². The number of pyridine rings is 3. The van der Waals surface area contributed by atoms with Crippen molar-refractivity contribution in [2.24, 2.45) is 0 Å². The van der Waals surface area contributed by atoms with Crippen molar-refractivity contribution in [3.63, 3.8) is 0 Å². The third-order valence-corrected chi connectivity index (χ3v) is 5.57. The maximum atomic E-state index is 5.24. The van der Waals surface area contributed by atoms with E-state index in [1.807, 2.05) is 24.7 Å². The van der Waals surface area contributed by atoms with Gasteiger partial charge in [-0.3, -0.25) is 15.1 Å². The second-order valence-electron chi connectivity index (χ2n) is 7.74. The number of fused-ring (bicyclic) bond motifs is 2. The van der Waals surface area contributed by atoms with Gasteiger partial charge in [0, 0.05) is 53.6 Å². The summed E-state index contributed by atoms with van der Waals surface area (Å²) in [6, 6.07) is 6.09. The number of nitrogens with zero attached hydrogens (tertiary/aromatic N) is 5. The minimum Gasteiger partial charge on any atom is -0.472 e. The Morgan fingerprint density at radius 2 is 1.91 bits per heavy atom. The molecule has 3 N–H and O–H groups in total. The summed E-state index contributed by atoms with van der Waals surface area (Å²) in [6.07, 6.45) is 12.4. The first-order valence-corrected chi connectivity index (χ1v) is 10.7. The summed E-state index contributed by atoms with van der Waals surface area (Å²) in [7, 11) is 0. The standard InChI is InChI=1S/C24H20N8O/c1-2-25-7-14-5-16(9-26-8-14)17-6-18-22(31-32-23(18)28-10-17)24-29-20-12-27-11-19(21(20)30-24)15-3-4-33-13-15/h3-6,8-13,25H,2,7H2,1H3,(H,29,30)(H,28,31,32). The van der Waals surface area contributed by atoms with E-state index in [2.05, 4.69) is 54.5 Å². The van der Waals surface area contributed by atoms with Crippen molar-refractivity contribution in [3.05, 3.63) is 67.3 Å². The van der Waals surface area contributed by atoms with E-state index < -0.39 is 0 Å². The van der Waals surface area contributed by atoms with Crippen LogP contribution in [0.4, 0.5) is 0 Å². The lowest BCUT2D eigenvalue weighted by Crippen LogP contribution is -2.11. The molecule has 33 heavy (non-hydrogen) atoms. The second kappa shape index (κ2) is 7.95. The molecule has 0 aliphatic carbocycles. The predicted octanol–water partition coefficient (Wildman–Crippen LogP) is 4.33. The van der Waals surface area contributed by atoms with Crippen LogP contribution >= 0.6 is 0 Å². The van der Waals surface area contributed by atoms with Crippen molar-refractivity contribution < 1.29 is 4.42 Å². The fourth-order valence-electron chi connectivity index (χ4n) is 3.93. The van der Waals surface area contributed by atoms with Gasteiger partial charge in [-0.1, -0.05) is 6.92 Å². The number of H-pyrrole nitrogens is 2. The van der Waals surface area contributed by atoms with Crippen molar-refractivity contribution in [1.82, 2.24) is 40.4 Å². The van der Waals surface area contributed by atoms with Crippen LogP contribution in [0.5, 0.6) is 0 Å². The Morgan fingerprint density at radius 1 is 1.00 bits per heavy atom. The summed E-state index contributed by atoms with van der Waals surface area (Å²) in [4.78, 5) is 21.5. The van der Waals surface area contributed by atoms with Crippen LogP contribution in [0.15, 0.2) is 66.1 Å². The van der Waals surface area contributed by atoms with Gasteiger partial charge in [-0.25, -0.2) is 9.97 Å². The molecule has 0 fully saturated rings. The van der Waals surface area contributed by atoms with Crippen LogP contribution in [0.3, 0.4) is 0 Å². The SMILES string of the molecule is CCNCc1cncc(-c2cnc3[nH]nc(-c4nc5c(-c6ccoc6)cncc5[nH]4)c3c2)c1. The van der Waals surface area contributed by atoms with Crippen LogP contribution in [0.1, 0.15) is 12.5 Å². The summed E-state index contributed by atoms with van der Waals surface area (Å²) >= 11 is 0. The van der Waals surface area contributed by atoms with E-state index >= 15 is 0 Å². The molecule has 0 saturated heterocycles. The maximum absolute atomic E-state index is 5.24. The molecule has 9 nitrogen and oxygen atoms in total. The Labute approximate surface area is 188 Å². The highest BCUT2D eigenvalue weighted by molar-refractivity contribution is 5.96. The number of imidazole rings is 1. The molecular formula is C24H20N8O. The first-order valence-electron chi connectivity index (χ1n) is 10.7. The first-order chi connectivity index (χ1) is 16.3. The molecule has 9 heteroatoms. The van der Waals surface area contributed by atoms with Crippen LogP contribution < -0.4 is 5.32 Å². The van der Waals surface area contributed by atoms with Gasteiger partial charge < -0.3 is 14.7 Å². The van der Waals surface area contributed by atoms with Crippen molar-refractivity contribution in [3.8, 4) is 33.8 Å². The van der Waals surface area contributed by atoms with Crippen LogP contribution in [-0.2, 0) is 6.54 Å². The average molecular weight is 436 g/mol. The Bertz CT molecular complexity index is 1560. The Morgan fingerprint density at radius 3 is 2.79 bits per heavy atom. The summed E-state index contributed by atoms with van der Waals surface area (Å²) < 4.78 is 5.24. The van der Waals surface area contributed by atoms with Gasteiger partial charge >= 0.3 is 0 Å². The summed E-state index contributed by atoms with van der Waals surface area (Å²) in [5.74, 6) is 0.645. The van der Waals surface area contributed by atoms with E-state index in [0.29, 0.717) is 17.2 Å². The molecule has 0 bridgehead atoms. The predicted molar refractivity (Wildman–Crippen MR) is 125 cm³/mol. The molecular weight excluding hydrogens is 416 g/mol. The first kappa shape index (κ1) is 19.3. The Balaban J connectivity index is 1.44. The van der Waals surface area contributed by atoms with E-state index in [0.717, 1.165) is 57.3 Å². The number of aromatic amines is 2. The fourth-order valence-corrected chi connectivity index (χ4v) is 3.93. The van der Waals surface area contributed by atoms with Gasteiger partial charge in [0.25, 0.3) is 0 Å². The third-order valence-electron chi connectivity index (χ3n) is 5.57. The molecule has 0 radical (unpaired) electrons. The number of hydrogen-bond acceptors (Lipinski definition) is 7. The average Bonchev–Trinajstić information content (AvgIpc) is 3.61. The van der Waals surface area contributed by atoms with Crippen molar-refractivity contribution in [2.75, 3.05) is 6.54 Å². The highest BCUT2D eigenvalue weighted by atomic mass is 16.3. The molecule has 0 saturated carbocycles. The molecule has 0 spiro atoms. The van der Waals surface area contributed by atoms with E-state index in [1.165, 1.54) is 0 Å². The van der Waals surface area contributed by atoms with Gasteiger partial charge in [-0.15, -0.1) is 0 Å². The normalized spacial score (nSPS) is 11.5. The molecule has 0 aliphatic rings. The summed E-state index contributed by atoms with van der Waals surface area (Å²) in [5.41, 5.74) is 7.93. The summed E-state index contributed by atoms with van der Waals surface area (Å²) in [5, 5.41) is 11.7. The number of hydrogen-bond donors (Lipinski definition) is 3. The second-order valence-corrected chi connectivity index (χ2v) is 7.74. The lowest BCUT2D eigenvalue weighted by molar-refractivity contribution is 0.568.